The van der Waals surface area contributed by atoms with Gasteiger partial charge in [-0.05, 0) is 48.4 Å². The molecule has 0 saturated heterocycles. The number of nitrogens with one attached hydrogen (secondary N) is 1. The van der Waals surface area contributed by atoms with Crippen LogP contribution in [0.15, 0.2) is 79.1 Å². The molecular weight excluding hydrogens is 402 g/mol. The second kappa shape index (κ2) is 9.70. The summed E-state index contributed by atoms with van der Waals surface area (Å²) in [6.45, 7) is 2.56. The van der Waals surface area contributed by atoms with Gasteiger partial charge in [-0.1, -0.05) is 42.0 Å². The van der Waals surface area contributed by atoms with Gasteiger partial charge in [-0.15, -0.1) is 5.10 Å². The highest BCUT2D eigenvalue weighted by Crippen LogP contribution is 2.18. The first kappa shape index (κ1) is 21.0. The number of carbonyl (C=O) groups is 1. The van der Waals surface area contributed by atoms with Crippen LogP contribution >= 0.6 is 0 Å². The predicted molar refractivity (Wildman–Crippen MR) is 124 cm³/mol. The number of allylic oxidation sites excluding steroid dienone is 1. The first-order valence-corrected chi connectivity index (χ1v) is 10.2. The molecule has 2 aromatic carbocycles. The summed E-state index contributed by atoms with van der Waals surface area (Å²) in [7, 11) is 1.62. The normalized spacial score (nSPS) is 10.9. The highest BCUT2D eigenvalue weighted by molar-refractivity contribution is 5.94. The maximum atomic E-state index is 13.0. The van der Waals surface area contributed by atoms with E-state index < -0.39 is 0 Å². The van der Waals surface area contributed by atoms with E-state index in [2.05, 4.69) is 20.4 Å². The highest BCUT2D eigenvalue weighted by atomic mass is 16.5. The fourth-order valence-electron chi connectivity index (χ4n) is 3.04. The topological polar surface area (TPSA) is 81.9 Å². The number of hydrogen-bond donors (Lipinski definition) is 1. The lowest BCUT2D eigenvalue weighted by Gasteiger charge is -2.06. The largest absolute Gasteiger partial charge is 0.497 e. The molecule has 1 N–H and O–H groups in total. The average Bonchev–Trinajstić information content (AvgIpc) is 3.27. The molecule has 160 valence electrons. The van der Waals surface area contributed by atoms with Gasteiger partial charge in [-0.25, -0.2) is 0 Å². The standard InChI is InChI=1S/C25H23N5O2/c1-18-5-7-20(8-6-18)16-27-25-28-24(21-4-3-15-26-17-21)29-30(25)23(31)14-11-19-9-12-22(32-2)13-10-19/h3-15,17H,16H2,1-2H3,(H,27,28,29). The lowest BCUT2D eigenvalue weighted by atomic mass is 10.1. The number of ether oxygens (including phenoxy) is 1. The van der Waals surface area contributed by atoms with Crippen molar-refractivity contribution in [3.8, 4) is 17.1 Å². The van der Waals surface area contributed by atoms with Gasteiger partial charge < -0.3 is 10.1 Å². The Morgan fingerprint density at radius 1 is 1.09 bits per heavy atom. The number of hydrogen-bond acceptors (Lipinski definition) is 6. The Labute approximate surface area is 186 Å². The minimum absolute atomic E-state index is 0.310. The van der Waals surface area contributed by atoms with Gasteiger partial charge in [0.15, 0.2) is 5.82 Å². The van der Waals surface area contributed by atoms with Crippen molar-refractivity contribution in [2.45, 2.75) is 13.5 Å². The molecule has 2 aromatic heterocycles. The molecule has 7 heteroatoms. The van der Waals surface area contributed by atoms with Crippen LogP contribution in [0.4, 0.5) is 5.95 Å². The predicted octanol–water partition coefficient (Wildman–Crippen LogP) is 4.62. The monoisotopic (exact) mass is 425 g/mol. The average molecular weight is 425 g/mol. The van der Waals surface area contributed by atoms with Crippen molar-refractivity contribution < 1.29 is 9.53 Å². The van der Waals surface area contributed by atoms with Gasteiger partial charge in [0.1, 0.15) is 5.75 Å². The summed E-state index contributed by atoms with van der Waals surface area (Å²) in [5.74, 6) is 1.24. The SMILES string of the molecule is COc1ccc(C=CC(=O)n2nc(-c3cccnc3)nc2NCc2ccc(C)cc2)cc1. The van der Waals surface area contributed by atoms with Gasteiger partial charge in [-0.3, -0.25) is 9.78 Å². The third kappa shape index (κ3) is 5.07. The number of nitrogens with zero attached hydrogens (tertiary/aromatic N) is 4. The molecule has 0 fully saturated rings. The van der Waals surface area contributed by atoms with Gasteiger partial charge in [0.25, 0.3) is 5.91 Å². The number of benzene rings is 2. The van der Waals surface area contributed by atoms with Crippen LogP contribution in [0.3, 0.4) is 0 Å². The Bertz CT molecular complexity index is 1210. The Balaban J connectivity index is 1.59. The lowest BCUT2D eigenvalue weighted by Crippen LogP contribution is -2.14. The van der Waals surface area contributed by atoms with Crippen LogP contribution in [0.1, 0.15) is 21.5 Å². The van der Waals surface area contributed by atoms with E-state index >= 15 is 0 Å². The summed E-state index contributed by atoms with van der Waals surface area (Å²) in [6.07, 6.45) is 6.55. The van der Waals surface area contributed by atoms with Gasteiger partial charge >= 0.3 is 0 Å². The van der Waals surface area contributed by atoms with Crippen LogP contribution in [0.2, 0.25) is 0 Å². The minimum Gasteiger partial charge on any atom is -0.497 e. The summed E-state index contributed by atoms with van der Waals surface area (Å²) < 4.78 is 6.44. The zero-order valence-electron chi connectivity index (χ0n) is 17.9. The van der Waals surface area contributed by atoms with Crippen molar-refractivity contribution in [3.05, 3.63) is 95.8 Å². The van der Waals surface area contributed by atoms with E-state index in [-0.39, 0.29) is 5.91 Å². The highest BCUT2D eigenvalue weighted by Gasteiger charge is 2.16. The zero-order chi connectivity index (χ0) is 22.3. The molecule has 0 radical (unpaired) electrons. The van der Waals surface area contributed by atoms with Crippen LogP contribution in [-0.4, -0.2) is 32.8 Å². The fraction of sp³-hybridized carbons (Fsp3) is 0.120. The number of aryl methyl sites for hydroxylation is 1. The molecule has 2 heterocycles. The number of anilines is 1. The Morgan fingerprint density at radius 2 is 1.88 bits per heavy atom. The molecule has 0 unspecified atom stereocenters. The van der Waals surface area contributed by atoms with E-state index in [4.69, 9.17) is 4.74 Å². The molecule has 0 aliphatic carbocycles. The van der Waals surface area contributed by atoms with Crippen molar-refractivity contribution >= 4 is 17.9 Å². The Morgan fingerprint density at radius 3 is 2.56 bits per heavy atom. The van der Waals surface area contributed by atoms with Crippen LogP contribution in [0.5, 0.6) is 5.75 Å². The van der Waals surface area contributed by atoms with Gasteiger partial charge in [0.05, 0.1) is 7.11 Å². The Kier molecular flexibility index (Phi) is 6.36. The molecule has 0 amide bonds. The number of pyridine rings is 1. The first-order chi connectivity index (χ1) is 15.6. The van der Waals surface area contributed by atoms with Crippen molar-refractivity contribution in [1.29, 1.82) is 0 Å². The summed E-state index contributed by atoms with van der Waals surface area (Å²) >= 11 is 0. The smallest absolute Gasteiger partial charge is 0.274 e. The van der Waals surface area contributed by atoms with Crippen LogP contribution in [0.25, 0.3) is 17.5 Å². The molecule has 0 bridgehead atoms. The third-order valence-corrected chi connectivity index (χ3v) is 4.84. The second-order valence-electron chi connectivity index (χ2n) is 7.20. The second-order valence-corrected chi connectivity index (χ2v) is 7.20. The molecule has 0 spiro atoms. The lowest BCUT2D eigenvalue weighted by molar-refractivity contribution is 0.0957. The van der Waals surface area contributed by atoms with Crippen molar-refractivity contribution in [2.24, 2.45) is 0 Å². The van der Waals surface area contributed by atoms with E-state index in [1.807, 2.05) is 61.5 Å². The van der Waals surface area contributed by atoms with Gasteiger partial charge in [0, 0.05) is 30.6 Å². The van der Waals surface area contributed by atoms with Crippen LogP contribution in [-0.2, 0) is 6.54 Å². The number of methoxy groups -OCH3 is 1. The van der Waals surface area contributed by atoms with E-state index in [0.29, 0.717) is 18.3 Å². The molecule has 4 rings (SSSR count). The summed E-state index contributed by atoms with van der Waals surface area (Å²) in [5.41, 5.74) is 3.88. The molecule has 32 heavy (non-hydrogen) atoms. The van der Waals surface area contributed by atoms with Crippen molar-refractivity contribution in [2.75, 3.05) is 12.4 Å². The van der Waals surface area contributed by atoms with Crippen molar-refractivity contribution in [3.63, 3.8) is 0 Å². The summed E-state index contributed by atoms with van der Waals surface area (Å²) in [5, 5.41) is 7.66. The Hall–Kier alpha value is -4.26. The summed E-state index contributed by atoms with van der Waals surface area (Å²) in [4.78, 5) is 21.6. The van der Waals surface area contributed by atoms with Gasteiger partial charge in [0.2, 0.25) is 5.95 Å². The number of aromatic nitrogens is 4. The fourth-order valence-corrected chi connectivity index (χ4v) is 3.04. The molecule has 0 saturated carbocycles. The molecule has 0 atom stereocenters. The molecular formula is C25H23N5O2. The van der Waals surface area contributed by atoms with E-state index in [9.17, 15) is 4.79 Å². The number of carbonyl (C=O) groups excluding carboxylic acids is 1. The van der Waals surface area contributed by atoms with Crippen LogP contribution in [0, 0.1) is 6.92 Å². The van der Waals surface area contributed by atoms with E-state index in [1.165, 1.54) is 16.3 Å². The molecule has 0 aliphatic heterocycles. The van der Waals surface area contributed by atoms with Gasteiger partial charge in [-0.2, -0.15) is 9.67 Å². The molecule has 4 aromatic rings. The maximum absolute atomic E-state index is 13.0. The number of rotatable bonds is 7. The minimum atomic E-state index is -0.310. The first-order valence-electron chi connectivity index (χ1n) is 10.2. The maximum Gasteiger partial charge on any atom is 0.274 e. The molecule has 0 aliphatic rings. The van der Waals surface area contributed by atoms with Crippen LogP contribution < -0.4 is 10.1 Å². The third-order valence-electron chi connectivity index (χ3n) is 4.84. The molecule has 7 nitrogen and oxygen atoms in total. The van der Waals surface area contributed by atoms with E-state index in [1.54, 1.807) is 31.6 Å². The zero-order valence-corrected chi connectivity index (χ0v) is 17.9. The van der Waals surface area contributed by atoms with Crippen molar-refractivity contribution in [1.82, 2.24) is 19.7 Å². The quantitative estimate of drug-likeness (QED) is 0.435. The summed E-state index contributed by atoms with van der Waals surface area (Å²) in [6, 6.07) is 19.3. The van der Waals surface area contributed by atoms with E-state index in [0.717, 1.165) is 22.4 Å².